The highest BCUT2D eigenvalue weighted by atomic mass is 32.2. The summed E-state index contributed by atoms with van der Waals surface area (Å²) in [6, 6.07) is 1.50. The summed E-state index contributed by atoms with van der Waals surface area (Å²) in [5.74, 6) is 3.57. The highest BCUT2D eigenvalue weighted by Crippen LogP contribution is 2.31. The molecular weight excluding hydrogens is 240 g/mol. The van der Waals surface area contributed by atoms with Crippen molar-refractivity contribution in [3.63, 3.8) is 0 Å². The molecule has 1 N–H and O–H groups in total. The fourth-order valence-corrected chi connectivity index (χ4v) is 4.79. The maximum absolute atomic E-state index is 3.88. The van der Waals surface area contributed by atoms with E-state index in [4.69, 9.17) is 0 Å². The van der Waals surface area contributed by atoms with Crippen LogP contribution in [0.25, 0.3) is 0 Å². The molecule has 1 aliphatic carbocycles. The minimum Gasteiger partial charge on any atom is -0.312 e. The zero-order chi connectivity index (χ0) is 12.8. The third-order valence-electron chi connectivity index (χ3n) is 4.65. The average Bonchev–Trinajstić information content (AvgIpc) is 2.42. The molecule has 2 nitrogen and oxygen atoms in total. The van der Waals surface area contributed by atoms with Crippen LogP contribution in [0, 0.1) is 5.92 Å². The van der Waals surface area contributed by atoms with Crippen LogP contribution in [0.15, 0.2) is 0 Å². The molecule has 2 fully saturated rings. The van der Waals surface area contributed by atoms with Crippen molar-refractivity contribution in [1.29, 1.82) is 0 Å². The van der Waals surface area contributed by atoms with E-state index in [2.05, 4.69) is 35.9 Å². The fourth-order valence-electron chi connectivity index (χ4n) is 3.50. The SMILES string of the molecule is CCCNC(C1CCCCC1)C1CSCCN1C. The van der Waals surface area contributed by atoms with Gasteiger partial charge in [0.05, 0.1) is 0 Å². The van der Waals surface area contributed by atoms with E-state index in [1.807, 2.05) is 0 Å². The van der Waals surface area contributed by atoms with Crippen LogP contribution in [0.1, 0.15) is 45.4 Å². The van der Waals surface area contributed by atoms with Crippen molar-refractivity contribution in [3.05, 3.63) is 0 Å². The lowest BCUT2D eigenvalue weighted by Crippen LogP contribution is -2.56. The smallest absolute Gasteiger partial charge is 0.0339 e. The second-order valence-electron chi connectivity index (χ2n) is 6.00. The zero-order valence-corrected chi connectivity index (χ0v) is 13.0. The lowest BCUT2D eigenvalue weighted by molar-refractivity contribution is 0.151. The van der Waals surface area contributed by atoms with Crippen molar-refractivity contribution < 1.29 is 0 Å². The number of rotatable bonds is 5. The molecule has 2 rings (SSSR count). The summed E-state index contributed by atoms with van der Waals surface area (Å²) < 4.78 is 0. The van der Waals surface area contributed by atoms with Crippen LogP contribution in [0.5, 0.6) is 0 Å². The van der Waals surface area contributed by atoms with E-state index in [1.165, 1.54) is 63.1 Å². The van der Waals surface area contributed by atoms with Gasteiger partial charge in [-0.3, -0.25) is 0 Å². The predicted molar refractivity (Wildman–Crippen MR) is 82.4 cm³/mol. The second kappa shape index (κ2) is 7.76. The van der Waals surface area contributed by atoms with E-state index in [0.29, 0.717) is 0 Å². The first kappa shape index (κ1) is 14.7. The zero-order valence-electron chi connectivity index (χ0n) is 12.2. The summed E-state index contributed by atoms with van der Waals surface area (Å²) in [5, 5.41) is 3.88. The van der Waals surface area contributed by atoms with Crippen LogP contribution in [0.2, 0.25) is 0 Å². The molecule has 0 radical (unpaired) electrons. The molecule has 18 heavy (non-hydrogen) atoms. The molecule has 0 bridgehead atoms. The van der Waals surface area contributed by atoms with Crippen LogP contribution in [0.3, 0.4) is 0 Å². The summed E-state index contributed by atoms with van der Waals surface area (Å²) in [4.78, 5) is 2.61. The van der Waals surface area contributed by atoms with Gasteiger partial charge in [0.25, 0.3) is 0 Å². The molecule has 2 atom stereocenters. The van der Waals surface area contributed by atoms with Gasteiger partial charge in [0, 0.05) is 30.1 Å². The molecule has 0 aromatic rings. The van der Waals surface area contributed by atoms with Crippen LogP contribution >= 0.6 is 11.8 Å². The van der Waals surface area contributed by atoms with Crippen LogP contribution in [0.4, 0.5) is 0 Å². The van der Waals surface area contributed by atoms with Gasteiger partial charge in [0.2, 0.25) is 0 Å². The van der Waals surface area contributed by atoms with Gasteiger partial charge in [0.15, 0.2) is 0 Å². The highest BCUT2D eigenvalue weighted by molar-refractivity contribution is 7.99. The first-order valence-electron chi connectivity index (χ1n) is 7.84. The molecule has 3 heteroatoms. The summed E-state index contributed by atoms with van der Waals surface area (Å²) in [7, 11) is 2.33. The molecule has 0 spiro atoms. The maximum Gasteiger partial charge on any atom is 0.0339 e. The van der Waals surface area contributed by atoms with Gasteiger partial charge in [-0.25, -0.2) is 0 Å². The molecule has 0 amide bonds. The van der Waals surface area contributed by atoms with Crippen molar-refractivity contribution in [2.24, 2.45) is 5.92 Å². The number of likely N-dealkylation sites (N-methyl/N-ethyl adjacent to an activating group) is 1. The molecule has 2 aliphatic rings. The van der Waals surface area contributed by atoms with Gasteiger partial charge in [-0.15, -0.1) is 0 Å². The lowest BCUT2D eigenvalue weighted by atomic mass is 9.81. The summed E-state index contributed by atoms with van der Waals surface area (Å²) in [5.41, 5.74) is 0. The van der Waals surface area contributed by atoms with Gasteiger partial charge >= 0.3 is 0 Å². The van der Waals surface area contributed by atoms with Crippen LogP contribution < -0.4 is 5.32 Å². The Morgan fingerprint density at radius 1 is 1.28 bits per heavy atom. The monoisotopic (exact) mass is 270 g/mol. The number of nitrogens with one attached hydrogen (secondary N) is 1. The van der Waals surface area contributed by atoms with Gasteiger partial charge in [-0.2, -0.15) is 11.8 Å². The van der Waals surface area contributed by atoms with Gasteiger partial charge in [-0.1, -0.05) is 26.2 Å². The predicted octanol–water partition coefficient (Wildman–Crippen LogP) is 2.98. The Kier molecular flexibility index (Phi) is 6.33. The molecule has 0 aromatic carbocycles. The van der Waals surface area contributed by atoms with E-state index in [1.54, 1.807) is 0 Å². The minimum atomic E-state index is 0.739. The van der Waals surface area contributed by atoms with Crippen molar-refractivity contribution in [3.8, 4) is 0 Å². The molecule has 2 unspecified atom stereocenters. The standard InChI is InChI=1S/C15H30N2S/c1-3-9-16-15(13-7-5-4-6-8-13)14-12-18-11-10-17(14)2/h13-16H,3-12H2,1-2H3. The first-order chi connectivity index (χ1) is 8.83. The molecule has 1 aliphatic heterocycles. The third-order valence-corrected chi connectivity index (χ3v) is 5.69. The highest BCUT2D eigenvalue weighted by Gasteiger charge is 2.33. The maximum atomic E-state index is 3.88. The quantitative estimate of drug-likeness (QED) is 0.827. The fraction of sp³-hybridized carbons (Fsp3) is 1.00. The average molecular weight is 270 g/mol. The molecule has 106 valence electrons. The number of hydrogen-bond donors (Lipinski definition) is 1. The van der Waals surface area contributed by atoms with Crippen molar-refractivity contribution in [2.75, 3.05) is 31.6 Å². The summed E-state index contributed by atoms with van der Waals surface area (Å²) in [6.45, 7) is 4.74. The number of hydrogen-bond acceptors (Lipinski definition) is 3. The molecule has 1 heterocycles. The summed E-state index contributed by atoms with van der Waals surface area (Å²) in [6.07, 6.45) is 8.54. The largest absolute Gasteiger partial charge is 0.312 e. The Morgan fingerprint density at radius 2 is 2.06 bits per heavy atom. The normalized spacial score (nSPS) is 29.3. The Labute approximate surface area is 117 Å². The minimum absolute atomic E-state index is 0.739. The van der Waals surface area contributed by atoms with E-state index in [-0.39, 0.29) is 0 Å². The Balaban J connectivity index is 1.97. The molecule has 1 saturated heterocycles. The first-order valence-corrected chi connectivity index (χ1v) is 8.99. The van der Waals surface area contributed by atoms with Crippen molar-refractivity contribution in [1.82, 2.24) is 10.2 Å². The van der Waals surface area contributed by atoms with Gasteiger partial charge in [-0.05, 0) is 38.8 Å². The van der Waals surface area contributed by atoms with E-state index >= 15 is 0 Å². The Hall–Kier alpha value is 0.270. The topological polar surface area (TPSA) is 15.3 Å². The molecular formula is C15H30N2S. The van der Waals surface area contributed by atoms with E-state index < -0.39 is 0 Å². The lowest BCUT2D eigenvalue weighted by Gasteiger charge is -2.43. The number of thioether (sulfide) groups is 1. The van der Waals surface area contributed by atoms with Gasteiger partial charge < -0.3 is 10.2 Å². The van der Waals surface area contributed by atoms with E-state index in [0.717, 1.165) is 18.0 Å². The van der Waals surface area contributed by atoms with Gasteiger partial charge in [0.1, 0.15) is 0 Å². The number of nitrogens with zero attached hydrogens (tertiary/aromatic N) is 1. The van der Waals surface area contributed by atoms with Crippen LogP contribution in [-0.4, -0.2) is 48.6 Å². The third kappa shape index (κ3) is 3.88. The van der Waals surface area contributed by atoms with Crippen molar-refractivity contribution in [2.45, 2.75) is 57.5 Å². The van der Waals surface area contributed by atoms with Crippen LogP contribution in [-0.2, 0) is 0 Å². The molecule has 0 aromatic heterocycles. The second-order valence-corrected chi connectivity index (χ2v) is 7.15. The Bertz CT molecular complexity index is 229. The van der Waals surface area contributed by atoms with E-state index in [9.17, 15) is 0 Å². The summed E-state index contributed by atoms with van der Waals surface area (Å²) >= 11 is 2.15. The molecule has 1 saturated carbocycles. The Morgan fingerprint density at radius 3 is 2.72 bits per heavy atom. The van der Waals surface area contributed by atoms with Crippen molar-refractivity contribution >= 4 is 11.8 Å².